The summed E-state index contributed by atoms with van der Waals surface area (Å²) >= 11 is 0. The van der Waals surface area contributed by atoms with E-state index in [0.717, 1.165) is 16.9 Å². The van der Waals surface area contributed by atoms with Crippen molar-refractivity contribution in [2.75, 3.05) is 23.9 Å². The van der Waals surface area contributed by atoms with Crippen LogP contribution in [0, 0.1) is 0 Å². The SMILES string of the molecule is COc1ccc(C=C(C(=O)N2CC(=O)Nc3ccccc32)c2ccccc2)cc1. The quantitative estimate of drug-likeness (QED) is 0.541. The molecule has 0 radical (unpaired) electrons. The number of nitrogens with zero attached hydrogens (tertiary/aromatic N) is 1. The van der Waals surface area contributed by atoms with Crippen LogP contribution < -0.4 is 15.0 Å². The van der Waals surface area contributed by atoms with E-state index in [9.17, 15) is 9.59 Å². The van der Waals surface area contributed by atoms with Gasteiger partial charge < -0.3 is 10.1 Å². The molecule has 0 saturated heterocycles. The fourth-order valence-electron chi connectivity index (χ4n) is 3.31. The second-order valence-electron chi connectivity index (χ2n) is 6.65. The molecule has 5 nitrogen and oxygen atoms in total. The van der Waals surface area contributed by atoms with Gasteiger partial charge in [-0.1, -0.05) is 54.6 Å². The lowest BCUT2D eigenvalue weighted by Crippen LogP contribution is -2.42. The Kier molecular flexibility index (Phi) is 5.12. The molecule has 29 heavy (non-hydrogen) atoms. The number of hydrogen-bond acceptors (Lipinski definition) is 3. The largest absolute Gasteiger partial charge is 0.497 e. The lowest BCUT2D eigenvalue weighted by Gasteiger charge is -2.30. The molecule has 0 unspecified atom stereocenters. The zero-order valence-electron chi connectivity index (χ0n) is 16.0. The molecule has 0 aromatic heterocycles. The first-order chi connectivity index (χ1) is 14.2. The van der Waals surface area contributed by atoms with Crippen LogP contribution >= 0.6 is 0 Å². The Bertz CT molecular complexity index is 1070. The standard InChI is InChI=1S/C24H20N2O3/c1-29-19-13-11-17(12-14-19)15-20(18-7-3-2-4-8-18)24(28)26-16-23(27)25-21-9-5-6-10-22(21)26/h2-15H,16H2,1H3,(H,25,27). The van der Waals surface area contributed by atoms with Crippen molar-refractivity contribution in [1.82, 2.24) is 0 Å². The molecule has 1 aliphatic rings. The van der Waals surface area contributed by atoms with Gasteiger partial charge in [-0.25, -0.2) is 0 Å². The maximum atomic E-state index is 13.6. The third-order valence-electron chi connectivity index (χ3n) is 4.76. The first-order valence-electron chi connectivity index (χ1n) is 9.27. The van der Waals surface area contributed by atoms with Crippen LogP contribution in [0.15, 0.2) is 78.9 Å². The summed E-state index contributed by atoms with van der Waals surface area (Å²) in [7, 11) is 1.61. The minimum Gasteiger partial charge on any atom is -0.497 e. The maximum Gasteiger partial charge on any atom is 0.259 e. The van der Waals surface area contributed by atoms with Crippen LogP contribution in [-0.2, 0) is 9.59 Å². The fourth-order valence-corrected chi connectivity index (χ4v) is 3.31. The third-order valence-corrected chi connectivity index (χ3v) is 4.76. The monoisotopic (exact) mass is 384 g/mol. The van der Waals surface area contributed by atoms with Gasteiger partial charge in [0, 0.05) is 5.57 Å². The van der Waals surface area contributed by atoms with Crippen LogP contribution in [-0.4, -0.2) is 25.5 Å². The predicted molar refractivity (Wildman–Crippen MR) is 115 cm³/mol. The minimum atomic E-state index is -0.227. The van der Waals surface area contributed by atoms with Gasteiger partial charge >= 0.3 is 0 Å². The van der Waals surface area contributed by atoms with E-state index in [4.69, 9.17) is 4.74 Å². The highest BCUT2D eigenvalue weighted by atomic mass is 16.5. The minimum absolute atomic E-state index is 0.0252. The van der Waals surface area contributed by atoms with E-state index < -0.39 is 0 Å². The summed E-state index contributed by atoms with van der Waals surface area (Å²) in [6, 6.07) is 24.3. The van der Waals surface area contributed by atoms with Crippen molar-refractivity contribution >= 4 is 34.8 Å². The van der Waals surface area contributed by atoms with Crippen molar-refractivity contribution in [2.45, 2.75) is 0 Å². The van der Waals surface area contributed by atoms with Crippen molar-refractivity contribution in [3.63, 3.8) is 0 Å². The molecule has 144 valence electrons. The van der Waals surface area contributed by atoms with Crippen LogP contribution in [0.1, 0.15) is 11.1 Å². The number of rotatable bonds is 4. The van der Waals surface area contributed by atoms with Gasteiger partial charge in [0.15, 0.2) is 0 Å². The first kappa shape index (κ1) is 18.5. The van der Waals surface area contributed by atoms with Crippen molar-refractivity contribution in [3.8, 4) is 5.75 Å². The van der Waals surface area contributed by atoms with Gasteiger partial charge in [-0.05, 0) is 41.5 Å². The van der Waals surface area contributed by atoms with Gasteiger partial charge in [-0.15, -0.1) is 0 Å². The molecule has 5 heteroatoms. The fraction of sp³-hybridized carbons (Fsp3) is 0.0833. The molecule has 1 heterocycles. The smallest absolute Gasteiger partial charge is 0.259 e. The van der Waals surface area contributed by atoms with Gasteiger partial charge in [-0.2, -0.15) is 0 Å². The van der Waals surface area contributed by atoms with Gasteiger partial charge in [-0.3, -0.25) is 14.5 Å². The van der Waals surface area contributed by atoms with Crippen LogP contribution in [0.2, 0.25) is 0 Å². The number of carbonyl (C=O) groups is 2. The number of nitrogens with one attached hydrogen (secondary N) is 1. The number of ether oxygens (including phenoxy) is 1. The normalized spacial score (nSPS) is 13.5. The van der Waals surface area contributed by atoms with Gasteiger partial charge in [0.05, 0.1) is 18.5 Å². The number of hydrogen-bond donors (Lipinski definition) is 1. The summed E-state index contributed by atoms with van der Waals surface area (Å²) in [6.45, 7) is -0.0252. The Morgan fingerprint density at radius 3 is 2.38 bits per heavy atom. The number of carbonyl (C=O) groups excluding carboxylic acids is 2. The average molecular weight is 384 g/mol. The highest BCUT2D eigenvalue weighted by Crippen LogP contribution is 2.32. The van der Waals surface area contributed by atoms with Crippen LogP contribution in [0.4, 0.5) is 11.4 Å². The summed E-state index contributed by atoms with van der Waals surface area (Å²) in [4.78, 5) is 27.3. The van der Waals surface area contributed by atoms with E-state index in [1.54, 1.807) is 13.2 Å². The van der Waals surface area contributed by atoms with Gasteiger partial charge in [0.2, 0.25) is 5.91 Å². The van der Waals surface area contributed by atoms with E-state index in [1.807, 2.05) is 78.9 Å². The Morgan fingerprint density at radius 1 is 0.966 bits per heavy atom. The first-order valence-corrected chi connectivity index (χ1v) is 9.27. The number of anilines is 2. The Labute approximate surface area is 169 Å². The molecular formula is C24H20N2O3. The highest BCUT2D eigenvalue weighted by molar-refractivity contribution is 6.32. The van der Waals surface area contributed by atoms with E-state index in [2.05, 4.69) is 5.32 Å². The highest BCUT2D eigenvalue weighted by Gasteiger charge is 2.29. The number of benzene rings is 3. The van der Waals surface area contributed by atoms with E-state index >= 15 is 0 Å². The molecule has 4 rings (SSSR count). The van der Waals surface area contributed by atoms with Crippen molar-refractivity contribution in [1.29, 1.82) is 0 Å². The summed E-state index contributed by atoms with van der Waals surface area (Å²) in [5.74, 6) is 0.305. The molecule has 1 N–H and O–H groups in total. The second kappa shape index (κ2) is 8.02. The topological polar surface area (TPSA) is 58.6 Å². The van der Waals surface area contributed by atoms with Gasteiger partial charge in [0.25, 0.3) is 5.91 Å². The van der Waals surface area contributed by atoms with Crippen LogP contribution in [0.3, 0.4) is 0 Å². The maximum absolute atomic E-state index is 13.6. The molecule has 0 spiro atoms. The summed E-state index contributed by atoms with van der Waals surface area (Å²) in [5, 5.41) is 2.82. The molecule has 1 aliphatic heterocycles. The number of fused-ring (bicyclic) bond motifs is 1. The van der Waals surface area contributed by atoms with Gasteiger partial charge in [0.1, 0.15) is 12.3 Å². The van der Waals surface area contributed by atoms with Crippen molar-refractivity contribution in [3.05, 3.63) is 90.0 Å². The molecule has 0 saturated carbocycles. The van der Waals surface area contributed by atoms with E-state index in [0.29, 0.717) is 16.9 Å². The van der Waals surface area contributed by atoms with E-state index in [-0.39, 0.29) is 18.4 Å². The molecule has 0 fully saturated rings. The Morgan fingerprint density at radius 2 is 1.66 bits per heavy atom. The lowest BCUT2D eigenvalue weighted by atomic mass is 10.0. The molecular weight excluding hydrogens is 364 g/mol. The van der Waals surface area contributed by atoms with Crippen LogP contribution in [0.25, 0.3) is 11.6 Å². The molecule has 3 aromatic rings. The van der Waals surface area contributed by atoms with Crippen molar-refractivity contribution in [2.24, 2.45) is 0 Å². The number of methoxy groups -OCH3 is 1. The Hall–Kier alpha value is -3.86. The van der Waals surface area contributed by atoms with E-state index in [1.165, 1.54) is 4.90 Å². The molecule has 3 aromatic carbocycles. The molecule has 0 atom stereocenters. The van der Waals surface area contributed by atoms with Crippen LogP contribution in [0.5, 0.6) is 5.75 Å². The summed E-state index contributed by atoms with van der Waals surface area (Å²) in [6.07, 6.45) is 1.84. The number of para-hydroxylation sites is 2. The second-order valence-corrected chi connectivity index (χ2v) is 6.65. The molecule has 0 aliphatic carbocycles. The zero-order chi connectivity index (χ0) is 20.2. The Balaban J connectivity index is 1.78. The third kappa shape index (κ3) is 3.89. The zero-order valence-corrected chi connectivity index (χ0v) is 16.0. The average Bonchev–Trinajstić information content (AvgIpc) is 2.77. The summed E-state index contributed by atoms with van der Waals surface area (Å²) in [5.41, 5.74) is 3.49. The molecule has 0 bridgehead atoms. The number of amides is 2. The summed E-state index contributed by atoms with van der Waals surface area (Å²) < 4.78 is 5.21. The van der Waals surface area contributed by atoms with Crippen molar-refractivity contribution < 1.29 is 14.3 Å². The molecule has 2 amide bonds. The predicted octanol–water partition coefficient (Wildman–Crippen LogP) is 4.22. The lowest BCUT2D eigenvalue weighted by molar-refractivity contribution is -0.118.